The summed E-state index contributed by atoms with van der Waals surface area (Å²) in [5.41, 5.74) is 4.98. The fourth-order valence-corrected chi connectivity index (χ4v) is 3.95. The number of benzene rings is 1. The lowest BCUT2D eigenvalue weighted by Gasteiger charge is -2.36. The second-order valence-corrected chi connectivity index (χ2v) is 7.25. The molecule has 1 aromatic heterocycles. The highest BCUT2D eigenvalue weighted by Gasteiger charge is 2.20. The number of piperazine rings is 1. The SMILES string of the molecule is CCNc1cccnc1N1CCN(CCc2cc(C)c(OC)c(C)c2)CC1.Cl.Cl. The molecule has 0 amide bonds. The largest absolute Gasteiger partial charge is 0.496 e. The zero-order chi connectivity index (χ0) is 19.2. The molecule has 0 spiro atoms. The predicted octanol–water partition coefficient (Wildman–Crippen LogP) is 4.35. The van der Waals surface area contributed by atoms with Gasteiger partial charge in [-0.05, 0) is 56.0 Å². The first-order valence-corrected chi connectivity index (χ1v) is 9.92. The summed E-state index contributed by atoms with van der Waals surface area (Å²) in [6, 6.07) is 8.64. The molecule has 1 fully saturated rings. The second kappa shape index (κ2) is 12.1. The van der Waals surface area contributed by atoms with E-state index < -0.39 is 0 Å². The van der Waals surface area contributed by atoms with Gasteiger partial charge in [0.2, 0.25) is 0 Å². The van der Waals surface area contributed by atoms with Crippen LogP contribution in [0.25, 0.3) is 0 Å². The fourth-order valence-electron chi connectivity index (χ4n) is 3.95. The number of anilines is 2. The number of nitrogens with one attached hydrogen (secondary N) is 1. The lowest BCUT2D eigenvalue weighted by atomic mass is 10.0. The van der Waals surface area contributed by atoms with Crippen LogP contribution in [0, 0.1) is 13.8 Å². The van der Waals surface area contributed by atoms with Crippen LogP contribution in [-0.4, -0.2) is 56.3 Å². The van der Waals surface area contributed by atoms with Crippen LogP contribution in [0.15, 0.2) is 30.5 Å². The van der Waals surface area contributed by atoms with Crippen molar-refractivity contribution < 1.29 is 4.74 Å². The molecule has 7 heteroatoms. The molecule has 162 valence electrons. The van der Waals surface area contributed by atoms with Crippen LogP contribution >= 0.6 is 24.8 Å². The van der Waals surface area contributed by atoms with Gasteiger partial charge in [-0.2, -0.15) is 0 Å². The van der Waals surface area contributed by atoms with Crippen molar-refractivity contribution in [2.45, 2.75) is 27.2 Å². The second-order valence-electron chi connectivity index (χ2n) is 7.25. The number of ether oxygens (including phenoxy) is 1. The summed E-state index contributed by atoms with van der Waals surface area (Å²) in [5.74, 6) is 2.10. The summed E-state index contributed by atoms with van der Waals surface area (Å²) in [6.45, 7) is 12.6. The molecule has 0 unspecified atom stereocenters. The van der Waals surface area contributed by atoms with Gasteiger partial charge in [0.15, 0.2) is 5.82 Å². The zero-order valence-electron chi connectivity index (χ0n) is 17.9. The first-order valence-electron chi connectivity index (χ1n) is 9.92. The fraction of sp³-hybridized carbons (Fsp3) is 0.500. The standard InChI is InChI=1S/C22H32N4O.2ClH/c1-5-23-20-7-6-9-24-22(20)26-13-11-25(12-14-26)10-8-19-15-17(2)21(27-4)18(3)16-19;;/h6-7,9,15-16,23H,5,8,10-14H2,1-4H3;2*1H. The van der Waals surface area contributed by atoms with Crippen molar-refractivity contribution in [1.29, 1.82) is 0 Å². The van der Waals surface area contributed by atoms with Crippen LogP contribution in [0.5, 0.6) is 5.75 Å². The Morgan fingerprint density at radius 3 is 2.31 bits per heavy atom. The number of nitrogens with zero attached hydrogens (tertiary/aromatic N) is 3. The van der Waals surface area contributed by atoms with E-state index in [2.05, 4.69) is 59.1 Å². The Morgan fingerprint density at radius 2 is 1.72 bits per heavy atom. The van der Waals surface area contributed by atoms with Gasteiger partial charge < -0.3 is 15.0 Å². The summed E-state index contributed by atoms with van der Waals surface area (Å²) in [5, 5.41) is 3.42. The van der Waals surface area contributed by atoms with Crippen LogP contribution in [0.2, 0.25) is 0 Å². The molecule has 1 aliphatic rings. The summed E-state index contributed by atoms with van der Waals surface area (Å²) in [4.78, 5) is 9.56. The van der Waals surface area contributed by atoms with E-state index in [1.165, 1.54) is 16.7 Å². The quantitative estimate of drug-likeness (QED) is 0.692. The maximum Gasteiger partial charge on any atom is 0.152 e. The van der Waals surface area contributed by atoms with Gasteiger partial charge >= 0.3 is 0 Å². The number of aryl methyl sites for hydroxylation is 2. The molecule has 0 saturated carbocycles. The molecule has 29 heavy (non-hydrogen) atoms. The Morgan fingerprint density at radius 1 is 1.07 bits per heavy atom. The lowest BCUT2D eigenvalue weighted by molar-refractivity contribution is 0.260. The molecule has 1 saturated heterocycles. The van der Waals surface area contributed by atoms with Gasteiger partial charge in [-0.15, -0.1) is 24.8 Å². The minimum atomic E-state index is 0. The highest BCUT2D eigenvalue weighted by Crippen LogP contribution is 2.25. The first-order chi connectivity index (χ1) is 13.1. The minimum absolute atomic E-state index is 0. The van der Waals surface area contributed by atoms with Gasteiger partial charge in [-0.1, -0.05) is 12.1 Å². The number of rotatable bonds is 7. The molecule has 1 N–H and O–H groups in total. The van der Waals surface area contributed by atoms with Gasteiger partial charge in [-0.25, -0.2) is 4.98 Å². The summed E-state index contributed by atoms with van der Waals surface area (Å²) in [6.07, 6.45) is 2.97. The number of hydrogen-bond acceptors (Lipinski definition) is 5. The average Bonchev–Trinajstić information content (AvgIpc) is 2.67. The van der Waals surface area contributed by atoms with Crippen LogP contribution in [0.3, 0.4) is 0 Å². The first kappa shape index (κ1) is 25.3. The molecule has 3 rings (SSSR count). The van der Waals surface area contributed by atoms with E-state index in [-0.39, 0.29) is 24.8 Å². The summed E-state index contributed by atoms with van der Waals surface area (Å²) in [7, 11) is 1.75. The average molecular weight is 441 g/mol. The van der Waals surface area contributed by atoms with Crippen LogP contribution in [0.1, 0.15) is 23.6 Å². The molecule has 0 bridgehead atoms. The molecule has 0 atom stereocenters. The van der Waals surface area contributed by atoms with Crippen molar-refractivity contribution in [1.82, 2.24) is 9.88 Å². The van der Waals surface area contributed by atoms with Gasteiger partial charge in [0, 0.05) is 45.5 Å². The Kier molecular flexibility index (Phi) is 10.6. The van der Waals surface area contributed by atoms with Gasteiger partial charge in [0.25, 0.3) is 0 Å². The van der Waals surface area contributed by atoms with Crippen LogP contribution < -0.4 is 15.0 Å². The summed E-state index contributed by atoms with van der Waals surface area (Å²) >= 11 is 0. The maximum atomic E-state index is 5.48. The predicted molar refractivity (Wildman–Crippen MR) is 128 cm³/mol. The highest BCUT2D eigenvalue weighted by molar-refractivity contribution is 5.85. The Bertz CT molecular complexity index is 741. The maximum absolute atomic E-state index is 5.48. The molecular weight excluding hydrogens is 407 g/mol. The minimum Gasteiger partial charge on any atom is -0.496 e. The third kappa shape index (κ3) is 6.39. The van der Waals surface area contributed by atoms with Crippen molar-refractivity contribution in [3.8, 4) is 5.75 Å². The number of hydrogen-bond donors (Lipinski definition) is 1. The van der Waals surface area contributed by atoms with Crippen molar-refractivity contribution >= 4 is 36.3 Å². The molecule has 2 aromatic rings. The Hall–Kier alpha value is -1.69. The number of methoxy groups -OCH3 is 1. The van der Waals surface area contributed by atoms with Gasteiger partial charge in [0.05, 0.1) is 12.8 Å². The third-order valence-corrected chi connectivity index (χ3v) is 5.27. The van der Waals surface area contributed by atoms with E-state index in [1.807, 2.05) is 12.3 Å². The van der Waals surface area contributed by atoms with E-state index in [1.54, 1.807) is 7.11 Å². The molecule has 0 radical (unpaired) electrons. The van der Waals surface area contributed by atoms with E-state index in [0.717, 1.165) is 62.9 Å². The van der Waals surface area contributed by atoms with Crippen molar-refractivity contribution in [2.75, 3.05) is 56.6 Å². The van der Waals surface area contributed by atoms with E-state index >= 15 is 0 Å². The molecule has 1 aliphatic heterocycles. The molecule has 1 aromatic carbocycles. The molecule has 5 nitrogen and oxygen atoms in total. The normalized spacial score (nSPS) is 14.0. The number of halogens is 2. The highest BCUT2D eigenvalue weighted by atomic mass is 35.5. The molecule has 0 aliphatic carbocycles. The topological polar surface area (TPSA) is 40.6 Å². The van der Waals surface area contributed by atoms with Gasteiger partial charge in [-0.3, -0.25) is 4.90 Å². The number of pyridine rings is 1. The Balaban J connectivity index is 0.00000210. The van der Waals surface area contributed by atoms with Crippen molar-refractivity contribution in [3.05, 3.63) is 47.2 Å². The number of aromatic nitrogens is 1. The van der Waals surface area contributed by atoms with E-state index in [9.17, 15) is 0 Å². The van der Waals surface area contributed by atoms with E-state index in [0.29, 0.717) is 0 Å². The third-order valence-electron chi connectivity index (χ3n) is 5.27. The van der Waals surface area contributed by atoms with Crippen molar-refractivity contribution in [2.24, 2.45) is 0 Å². The summed E-state index contributed by atoms with van der Waals surface area (Å²) < 4.78 is 5.48. The Labute approximate surface area is 187 Å². The lowest BCUT2D eigenvalue weighted by Crippen LogP contribution is -2.47. The smallest absolute Gasteiger partial charge is 0.152 e. The van der Waals surface area contributed by atoms with Crippen molar-refractivity contribution in [3.63, 3.8) is 0 Å². The monoisotopic (exact) mass is 440 g/mol. The zero-order valence-corrected chi connectivity index (χ0v) is 19.5. The van der Waals surface area contributed by atoms with Crippen LogP contribution in [-0.2, 0) is 6.42 Å². The molecule has 2 heterocycles. The molecular formula is C22H34Cl2N4O. The van der Waals surface area contributed by atoms with Gasteiger partial charge in [0.1, 0.15) is 5.75 Å². The van der Waals surface area contributed by atoms with E-state index in [4.69, 9.17) is 4.74 Å². The van der Waals surface area contributed by atoms with Crippen LogP contribution in [0.4, 0.5) is 11.5 Å².